The molecule has 1 aliphatic rings. The first kappa shape index (κ1) is 19.8. The van der Waals surface area contributed by atoms with Gasteiger partial charge in [-0.3, -0.25) is 4.79 Å². The largest absolute Gasteiger partial charge is 0.326 e. The van der Waals surface area contributed by atoms with E-state index in [4.69, 9.17) is 11.6 Å². The highest BCUT2D eigenvalue weighted by molar-refractivity contribution is 7.89. The molecule has 3 aromatic rings. The number of rotatable bonds is 4. The van der Waals surface area contributed by atoms with Crippen LogP contribution in [0.2, 0.25) is 5.02 Å². The number of carbonyl (C=O) groups excluding carboxylic acids is 1. The Morgan fingerprint density at radius 2 is 2.10 bits per heavy atom. The zero-order valence-electron chi connectivity index (χ0n) is 15.6. The average molecular weight is 435 g/mol. The standard InChI is InChI=1S/C19H19ClN4O4S/c1-12-7-8-14(10-15(12)20)21-19(25)13-4-3-9-24(11-13)29(26,27)17-6-2-5-16-18(17)23-28-22-16/h2,5-8,10,13H,3-4,9,11H2,1H3,(H,21,25). The van der Waals surface area contributed by atoms with Gasteiger partial charge in [-0.15, -0.1) is 0 Å². The number of carbonyl (C=O) groups is 1. The van der Waals surface area contributed by atoms with E-state index in [2.05, 4.69) is 20.3 Å². The van der Waals surface area contributed by atoms with E-state index in [1.165, 1.54) is 10.4 Å². The number of anilines is 1. The van der Waals surface area contributed by atoms with Crippen LogP contribution in [0.5, 0.6) is 0 Å². The summed E-state index contributed by atoms with van der Waals surface area (Å²) in [5.41, 5.74) is 2.06. The summed E-state index contributed by atoms with van der Waals surface area (Å²) in [5.74, 6) is -0.695. The Morgan fingerprint density at radius 3 is 2.90 bits per heavy atom. The van der Waals surface area contributed by atoms with E-state index in [1.807, 2.05) is 13.0 Å². The highest BCUT2D eigenvalue weighted by atomic mass is 35.5. The summed E-state index contributed by atoms with van der Waals surface area (Å²) in [7, 11) is -3.84. The molecule has 0 spiro atoms. The molecule has 0 saturated carbocycles. The quantitative estimate of drug-likeness (QED) is 0.675. The normalized spacial score (nSPS) is 18.1. The van der Waals surface area contributed by atoms with Gasteiger partial charge in [-0.05, 0) is 59.9 Å². The summed E-state index contributed by atoms with van der Waals surface area (Å²) in [4.78, 5) is 12.8. The third kappa shape index (κ3) is 3.85. The Bertz CT molecular complexity index is 1180. The van der Waals surface area contributed by atoms with E-state index in [9.17, 15) is 13.2 Å². The van der Waals surface area contributed by atoms with Crippen LogP contribution in [-0.2, 0) is 14.8 Å². The number of amides is 1. The van der Waals surface area contributed by atoms with Crippen LogP contribution in [0.4, 0.5) is 5.69 Å². The van der Waals surface area contributed by atoms with E-state index >= 15 is 0 Å². The fourth-order valence-corrected chi connectivity index (χ4v) is 5.26. The summed E-state index contributed by atoms with van der Waals surface area (Å²) in [6.45, 7) is 2.31. The topological polar surface area (TPSA) is 105 Å². The molecule has 0 aliphatic carbocycles. The predicted octanol–water partition coefficient (Wildman–Crippen LogP) is 3.22. The molecule has 1 aliphatic heterocycles. The minimum atomic E-state index is -3.84. The van der Waals surface area contributed by atoms with Gasteiger partial charge in [-0.25, -0.2) is 13.0 Å². The number of nitrogens with zero attached hydrogens (tertiary/aromatic N) is 3. The van der Waals surface area contributed by atoms with Crippen LogP contribution in [0.25, 0.3) is 11.0 Å². The number of benzene rings is 2. The van der Waals surface area contributed by atoms with Crippen molar-refractivity contribution < 1.29 is 17.8 Å². The van der Waals surface area contributed by atoms with Crippen LogP contribution >= 0.6 is 11.6 Å². The Labute approximate surface area is 172 Å². The van der Waals surface area contributed by atoms with Crippen molar-refractivity contribution in [1.29, 1.82) is 0 Å². The number of hydrogen-bond donors (Lipinski definition) is 1. The second-order valence-corrected chi connectivity index (χ2v) is 9.36. The summed E-state index contributed by atoms with van der Waals surface area (Å²) >= 11 is 6.11. The van der Waals surface area contributed by atoms with Gasteiger partial charge in [-0.1, -0.05) is 23.7 Å². The monoisotopic (exact) mass is 434 g/mol. The Hall–Kier alpha value is -2.49. The Morgan fingerprint density at radius 1 is 1.28 bits per heavy atom. The van der Waals surface area contributed by atoms with Gasteiger partial charge >= 0.3 is 0 Å². The lowest BCUT2D eigenvalue weighted by molar-refractivity contribution is -0.120. The lowest BCUT2D eigenvalue weighted by Gasteiger charge is -2.31. The van der Waals surface area contributed by atoms with Crippen molar-refractivity contribution in [2.75, 3.05) is 18.4 Å². The van der Waals surface area contributed by atoms with Crippen molar-refractivity contribution in [3.8, 4) is 0 Å². The molecule has 8 nitrogen and oxygen atoms in total. The van der Waals surface area contributed by atoms with E-state index in [0.717, 1.165) is 5.56 Å². The molecule has 1 saturated heterocycles. The zero-order chi connectivity index (χ0) is 20.6. The number of aromatic nitrogens is 2. The van der Waals surface area contributed by atoms with Crippen LogP contribution in [0.1, 0.15) is 18.4 Å². The molecule has 0 bridgehead atoms. The van der Waals surface area contributed by atoms with Gasteiger partial charge in [0.15, 0.2) is 5.52 Å². The van der Waals surface area contributed by atoms with E-state index in [0.29, 0.717) is 35.6 Å². The molecule has 10 heteroatoms. The van der Waals surface area contributed by atoms with Crippen LogP contribution in [0.15, 0.2) is 45.9 Å². The fourth-order valence-electron chi connectivity index (χ4n) is 3.42. The van der Waals surface area contributed by atoms with Gasteiger partial charge in [0.05, 0.1) is 5.92 Å². The minimum Gasteiger partial charge on any atom is -0.326 e. The maximum atomic E-state index is 13.2. The Kier molecular flexibility index (Phi) is 5.28. The Balaban J connectivity index is 1.53. The van der Waals surface area contributed by atoms with Crippen molar-refractivity contribution in [3.63, 3.8) is 0 Å². The predicted molar refractivity (Wildman–Crippen MR) is 108 cm³/mol. The zero-order valence-corrected chi connectivity index (χ0v) is 17.2. The number of nitrogens with one attached hydrogen (secondary N) is 1. The first-order chi connectivity index (χ1) is 13.9. The smallest absolute Gasteiger partial charge is 0.245 e. The van der Waals surface area contributed by atoms with Crippen LogP contribution < -0.4 is 5.32 Å². The number of halogens is 1. The number of sulfonamides is 1. The van der Waals surface area contributed by atoms with E-state index in [-0.39, 0.29) is 22.9 Å². The summed E-state index contributed by atoms with van der Waals surface area (Å²) < 4.78 is 32.3. The molecule has 2 aromatic carbocycles. The number of fused-ring (bicyclic) bond motifs is 1. The van der Waals surface area contributed by atoms with Crippen molar-refractivity contribution in [3.05, 3.63) is 47.0 Å². The third-order valence-corrected chi connectivity index (χ3v) is 7.37. The van der Waals surface area contributed by atoms with Gasteiger partial charge in [0, 0.05) is 23.8 Å². The number of aryl methyl sites for hydroxylation is 1. The third-order valence-electron chi connectivity index (χ3n) is 5.06. The molecule has 1 aromatic heterocycles. The molecule has 4 rings (SSSR count). The number of piperidine rings is 1. The van der Waals surface area contributed by atoms with Gasteiger partial charge in [0.25, 0.3) is 0 Å². The lowest BCUT2D eigenvalue weighted by Crippen LogP contribution is -2.43. The van der Waals surface area contributed by atoms with Crippen molar-refractivity contribution in [1.82, 2.24) is 14.6 Å². The average Bonchev–Trinajstić information content (AvgIpc) is 3.19. The summed E-state index contributed by atoms with van der Waals surface area (Å²) in [6, 6.07) is 9.97. The minimum absolute atomic E-state index is 0.0302. The molecule has 1 unspecified atom stereocenters. The van der Waals surface area contributed by atoms with Gasteiger partial charge in [0.1, 0.15) is 10.4 Å². The molecule has 2 heterocycles. The summed E-state index contributed by atoms with van der Waals surface area (Å²) in [6.07, 6.45) is 1.19. The molecule has 1 amide bonds. The lowest BCUT2D eigenvalue weighted by atomic mass is 9.98. The highest BCUT2D eigenvalue weighted by Gasteiger charge is 2.35. The molecule has 29 heavy (non-hydrogen) atoms. The van der Waals surface area contributed by atoms with Crippen molar-refractivity contribution >= 4 is 44.3 Å². The summed E-state index contributed by atoms with van der Waals surface area (Å²) in [5, 5.41) is 10.8. The molecule has 1 fully saturated rings. The van der Waals surface area contributed by atoms with E-state index < -0.39 is 15.9 Å². The van der Waals surface area contributed by atoms with Crippen LogP contribution in [-0.4, -0.2) is 42.0 Å². The van der Waals surface area contributed by atoms with E-state index in [1.54, 1.807) is 24.3 Å². The molecule has 0 radical (unpaired) electrons. The molecule has 1 atom stereocenters. The van der Waals surface area contributed by atoms with Crippen LogP contribution in [0, 0.1) is 12.8 Å². The first-order valence-corrected chi connectivity index (χ1v) is 11.0. The molecule has 152 valence electrons. The van der Waals surface area contributed by atoms with Crippen LogP contribution in [0.3, 0.4) is 0 Å². The van der Waals surface area contributed by atoms with Gasteiger partial charge < -0.3 is 5.32 Å². The van der Waals surface area contributed by atoms with Gasteiger partial charge in [0.2, 0.25) is 15.9 Å². The maximum absolute atomic E-state index is 13.2. The molecular formula is C19H19ClN4O4S. The van der Waals surface area contributed by atoms with Crippen molar-refractivity contribution in [2.45, 2.75) is 24.7 Å². The maximum Gasteiger partial charge on any atom is 0.245 e. The second kappa shape index (κ2) is 7.74. The molecule has 1 N–H and O–H groups in total. The second-order valence-electron chi connectivity index (χ2n) is 7.04. The number of hydrogen-bond acceptors (Lipinski definition) is 6. The van der Waals surface area contributed by atoms with Gasteiger partial charge in [-0.2, -0.15) is 4.31 Å². The van der Waals surface area contributed by atoms with Crippen molar-refractivity contribution in [2.24, 2.45) is 5.92 Å². The molecular weight excluding hydrogens is 416 g/mol. The fraction of sp³-hybridized carbons (Fsp3) is 0.316. The first-order valence-electron chi connectivity index (χ1n) is 9.15. The highest BCUT2D eigenvalue weighted by Crippen LogP contribution is 2.28. The SMILES string of the molecule is Cc1ccc(NC(=O)C2CCCN(S(=O)(=O)c3cccc4nonc34)C2)cc1Cl.